The van der Waals surface area contributed by atoms with Gasteiger partial charge in [0.15, 0.2) is 0 Å². The minimum atomic E-state index is 0.156. The summed E-state index contributed by atoms with van der Waals surface area (Å²) in [6.07, 6.45) is 1.23. The van der Waals surface area contributed by atoms with Crippen LogP contribution in [-0.2, 0) is 0 Å². The molecule has 1 aromatic heterocycles. The number of aryl methyl sites for hydroxylation is 1. The number of hydrogen-bond acceptors (Lipinski definition) is 4. The molecule has 0 aliphatic rings. The molecule has 4 nitrogen and oxygen atoms in total. The minimum absolute atomic E-state index is 0.156. The van der Waals surface area contributed by atoms with Crippen molar-refractivity contribution in [3.05, 3.63) is 11.9 Å². The van der Waals surface area contributed by atoms with E-state index in [2.05, 4.69) is 43.0 Å². The molecule has 0 aromatic carbocycles. The Balaban J connectivity index is 2.74. The number of hydrogen-bond donors (Lipinski definition) is 1. The van der Waals surface area contributed by atoms with Gasteiger partial charge in [-0.1, -0.05) is 20.8 Å². The van der Waals surface area contributed by atoms with E-state index in [0.29, 0.717) is 11.8 Å². The van der Waals surface area contributed by atoms with Gasteiger partial charge in [0.2, 0.25) is 5.88 Å². The summed E-state index contributed by atoms with van der Waals surface area (Å²) in [5, 5.41) is 3.25. The SMILES string of the molecule is CCCNc1cc(OC(C)C(C)C)nc(C)n1. The van der Waals surface area contributed by atoms with E-state index in [-0.39, 0.29) is 6.10 Å². The van der Waals surface area contributed by atoms with E-state index in [1.165, 1.54) is 0 Å². The van der Waals surface area contributed by atoms with Crippen LogP contribution in [0.3, 0.4) is 0 Å². The molecule has 0 aliphatic heterocycles. The predicted molar refractivity (Wildman–Crippen MR) is 70.5 cm³/mol. The first-order chi connectivity index (χ1) is 8.02. The fraction of sp³-hybridized carbons (Fsp3) is 0.692. The molecule has 4 heteroatoms. The van der Waals surface area contributed by atoms with Crippen molar-refractivity contribution in [2.24, 2.45) is 5.92 Å². The van der Waals surface area contributed by atoms with Gasteiger partial charge in [-0.2, -0.15) is 4.98 Å². The Kier molecular flexibility index (Phi) is 5.19. The van der Waals surface area contributed by atoms with E-state index in [0.717, 1.165) is 24.6 Å². The fourth-order valence-electron chi connectivity index (χ4n) is 1.27. The third-order valence-corrected chi connectivity index (χ3v) is 2.62. The molecule has 1 atom stereocenters. The van der Waals surface area contributed by atoms with Crippen LogP contribution in [0.15, 0.2) is 6.07 Å². The zero-order chi connectivity index (χ0) is 12.8. The number of ether oxygens (including phenoxy) is 1. The number of rotatable bonds is 6. The van der Waals surface area contributed by atoms with Crippen LogP contribution in [0.25, 0.3) is 0 Å². The molecule has 0 aliphatic carbocycles. The zero-order valence-corrected chi connectivity index (χ0v) is 11.4. The molecule has 1 rings (SSSR count). The largest absolute Gasteiger partial charge is 0.474 e. The monoisotopic (exact) mass is 237 g/mol. The normalized spacial score (nSPS) is 12.6. The summed E-state index contributed by atoms with van der Waals surface area (Å²) >= 11 is 0. The molecule has 1 N–H and O–H groups in total. The molecular formula is C13H23N3O. The van der Waals surface area contributed by atoms with Gasteiger partial charge in [-0.25, -0.2) is 4.98 Å². The van der Waals surface area contributed by atoms with Crippen molar-refractivity contribution in [3.8, 4) is 5.88 Å². The molecule has 0 saturated carbocycles. The lowest BCUT2D eigenvalue weighted by molar-refractivity contribution is 0.163. The highest BCUT2D eigenvalue weighted by Gasteiger charge is 2.10. The maximum absolute atomic E-state index is 5.79. The Bertz CT molecular complexity index is 353. The van der Waals surface area contributed by atoms with Gasteiger partial charge in [-0.05, 0) is 26.2 Å². The van der Waals surface area contributed by atoms with Gasteiger partial charge < -0.3 is 10.1 Å². The molecule has 0 saturated heterocycles. The molecular weight excluding hydrogens is 214 g/mol. The molecule has 0 fully saturated rings. The van der Waals surface area contributed by atoms with Crippen molar-refractivity contribution in [1.29, 1.82) is 0 Å². The Labute approximate surface area is 104 Å². The van der Waals surface area contributed by atoms with E-state index in [1.807, 2.05) is 13.0 Å². The van der Waals surface area contributed by atoms with E-state index >= 15 is 0 Å². The molecule has 17 heavy (non-hydrogen) atoms. The highest BCUT2D eigenvalue weighted by atomic mass is 16.5. The summed E-state index contributed by atoms with van der Waals surface area (Å²) in [5.41, 5.74) is 0. The average Bonchev–Trinajstić information content (AvgIpc) is 2.25. The second kappa shape index (κ2) is 6.42. The van der Waals surface area contributed by atoms with Crippen LogP contribution in [0.2, 0.25) is 0 Å². The lowest BCUT2D eigenvalue weighted by Crippen LogP contribution is -2.19. The van der Waals surface area contributed by atoms with E-state index in [1.54, 1.807) is 0 Å². The van der Waals surface area contributed by atoms with Crippen LogP contribution in [-0.4, -0.2) is 22.6 Å². The van der Waals surface area contributed by atoms with Crippen LogP contribution in [0.1, 0.15) is 39.9 Å². The quantitative estimate of drug-likeness (QED) is 0.826. The molecule has 0 spiro atoms. The van der Waals surface area contributed by atoms with E-state index in [9.17, 15) is 0 Å². The second-order valence-corrected chi connectivity index (χ2v) is 4.63. The summed E-state index contributed by atoms with van der Waals surface area (Å²) in [7, 11) is 0. The topological polar surface area (TPSA) is 47.0 Å². The molecule has 96 valence electrons. The third kappa shape index (κ3) is 4.59. The second-order valence-electron chi connectivity index (χ2n) is 4.63. The van der Waals surface area contributed by atoms with Gasteiger partial charge in [-0.3, -0.25) is 0 Å². The van der Waals surface area contributed by atoms with Crippen molar-refractivity contribution < 1.29 is 4.74 Å². The van der Waals surface area contributed by atoms with Gasteiger partial charge in [-0.15, -0.1) is 0 Å². The first kappa shape index (κ1) is 13.7. The standard InChI is InChI=1S/C13H23N3O/c1-6-7-14-12-8-13(16-11(5)15-12)17-10(4)9(2)3/h8-10H,6-7H2,1-5H3,(H,14,15,16). The molecule has 0 amide bonds. The average molecular weight is 237 g/mol. The van der Waals surface area contributed by atoms with Crippen LogP contribution in [0.4, 0.5) is 5.82 Å². The van der Waals surface area contributed by atoms with Crippen molar-refractivity contribution in [2.45, 2.75) is 47.1 Å². The lowest BCUT2D eigenvalue weighted by atomic mass is 10.1. The maximum Gasteiger partial charge on any atom is 0.218 e. The van der Waals surface area contributed by atoms with Gasteiger partial charge in [0, 0.05) is 12.6 Å². The highest BCUT2D eigenvalue weighted by molar-refractivity contribution is 5.38. The Hall–Kier alpha value is -1.32. The summed E-state index contributed by atoms with van der Waals surface area (Å²) in [5.74, 6) is 2.69. The Morgan fingerprint density at radius 2 is 2.00 bits per heavy atom. The van der Waals surface area contributed by atoms with Gasteiger partial charge in [0.05, 0.1) is 6.10 Å². The predicted octanol–water partition coefficient (Wildman–Crippen LogP) is 3.03. The summed E-state index contributed by atoms with van der Waals surface area (Å²) in [6.45, 7) is 11.2. The maximum atomic E-state index is 5.79. The Morgan fingerprint density at radius 3 is 2.59 bits per heavy atom. The van der Waals surface area contributed by atoms with Gasteiger partial charge >= 0.3 is 0 Å². The summed E-state index contributed by atoms with van der Waals surface area (Å²) in [6, 6.07) is 1.86. The first-order valence-electron chi connectivity index (χ1n) is 6.29. The molecule has 1 heterocycles. The molecule has 0 radical (unpaired) electrons. The van der Waals surface area contributed by atoms with Gasteiger partial charge in [0.25, 0.3) is 0 Å². The fourth-order valence-corrected chi connectivity index (χ4v) is 1.27. The van der Waals surface area contributed by atoms with Crippen LogP contribution in [0.5, 0.6) is 5.88 Å². The van der Waals surface area contributed by atoms with Gasteiger partial charge in [0.1, 0.15) is 11.6 Å². The number of nitrogens with one attached hydrogen (secondary N) is 1. The van der Waals surface area contributed by atoms with E-state index in [4.69, 9.17) is 4.74 Å². The Morgan fingerprint density at radius 1 is 1.29 bits per heavy atom. The van der Waals surface area contributed by atoms with Crippen molar-refractivity contribution in [2.75, 3.05) is 11.9 Å². The lowest BCUT2D eigenvalue weighted by Gasteiger charge is -2.18. The highest BCUT2D eigenvalue weighted by Crippen LogP contribution is 2.17. The van der Waals surface area contributed by atoms with Crippen LogP contribution in [0, 0.1) is 12.8 Å². The van der Waals surface area contributed by atoms with Crippen molar-refractivity contribution in [3.63, 3.8) is 0 Å². The van der Waals surface area contributed by atoms with Crippen LogP contribution < -0.4 is 10.1 Å². The summed E-state index contributed by atoms with van der Waals surface area (Å²) in [4.78, 5) is 8.61. The smallest absolute Gasteiger partial charge is 0.218 e. The first-order valence-corrected chi connectivity index (χ1v) is 6.29. The third-order valence-electron chi connectivity index (χ3n) is 2.62. The number of anilines is 1. The van der Waals surface area contributed by atoms with Crippen molar-refractivity contribution in [1.82, 2.24) is 9.97 Å². The molecule has 0 bridgehead atoms. The number of aromatic nitrogens is 2. The molecule has 1 aromatic rings. The minimum Gasteiger partial charge on any atom is -0.474 e. The number of nitrogens with zero attached hydrogens (tertiary/aromatic N) is 2. The van der Waals surface area contributed by atoms with Crippen molar-refractivity contribution >= 4 is 5.82 Å². The van der Waals surface area contributed by atoms with Crippen LogP contribution >= 0.6 is 0 Å². The summed E-state index contributed by atoms with van der Waals surface area (Å²) < 4.78 is 5.79. The van der Waals surface area contributed by atoms with E-state index < -0.39 is 0 Å². The zero-order valence-electron chi connectivity index (χ0n) is 11.4. The molecule has 1 unspecified atom stereocenters.